The van der Waals surface area contributed by atoms with Crippen molar-refractivity contribution in [3.8, 4) is 11.6 Å². The molecule has 4 nitrogen and oxygen atoms in total. The van der Waals surface area contributed by atoms with Crippen LogP contribution in [0.4, 0.5) is 0 Å². The topological polar surface area (TPSA) is 40.6 Å². The highest BCUT2D eigenvalue weighted by Gasteiger charge is 2.15. The second kappa shape index (κ2) is 9.85. The Bertz CT molecular complexity index is 415. The summed E-state index contributed by atoms with van der Waals surface area (Å²) >= 11 is 6.42. The number of rotatable bonds is 10. The van der Waals surface area contributed by atoms with Gasteiger partial charge in [-0.05, 0) is 24.0 Å². The van der Waals surface area contributed by atoms with Crippen molar-refractivity contribution in [1.82, 2.24) is 4.98 Å². The number of pyridine rings is 1. The van der Waals surface area contributed by atoms with E-state index in [1.165, 1.54) is 0 Å². The van der Waals surface area contributed by atoms with Gasteiger partial charge in [-0.3, -0.25) is 0 Å². The molecule has 21 heavy (non-hydrogen) atoms. The minimum Gasteiger partial charge on any atom is -0.488 e. The Kier molecular flexibility index (Phi) is 8.47. The molecular weight excluding hydrogens is 290 g/mol. The first-order valence-corrected chi connectivity index (χ1v) is 7.84. The van der Waals surface area contributed by atoms with E-state index in [9.17, 15) is 0 Å². The predicted molar refractivity (Wildman–Crippen MR) is 85.6 cm³/mol. The van der Waals surface area contributed by atoms with Gasteiger partial charge in [0.25, 0.3) is 5.88 Å². The third kappa shape index (κ3) is 6.10. The Labute approximate surface area is 132 Å². The van der Waals surface area contributed by atoms with Gasteiger partial charge in [-0.15, -0.1) is 11.6 Å². The number of hydrogen-bond acceptors (Lipinski definition) is 4. The van der Waals surface area contributed by atoms with Crippen LogP contribution in [0, 0.1) is 5.92 Å². The summed E-state index contributed by atoms with van der Waals surface area (Å²) in [7, 11) is 3.27. The summed E-state index contributed by atoms with van der Waals surface area (Å²) < 4.78 is 16.0. The maximum atomic E-state index is 6.42. The van der Waals surface area contributed by atoms with Crippen LogP contribution in [0.2, 0.25) is 0 Å². The molecule has 1 aromatic heterocycles. The summed E-state index contributed by atoms with van der Waals surface area (Å²) in [5.74, 6) is 1.64. The molecule has 0 aromatic carbocycles. The number of halogens is 1. The van der Waals surface area contributed by atoms with Gasteiger partial charge in [0, 0.05) is 31.7 Å². The monoisotopic (exact) mass is 315 g/mol. The van der Waals surface area contributed by atoms with Gasteiger partial charge in [-0.1, -0.05) is 20.3 Å². The maximum absolute atomic E-state index is 6.42. The second-order valence-corrected chi connectivity index (χ2v) is 5.71. The summed E-state index contributed by atoms with van der Waals surface area (Å²) in [5, 5.41) is 0.103. The summed E-state index contributed by atoms with van der Waals surface area (Å²) in [6.07, 6.45) is 4.48. The lowest BCUT2D eigenvalue weighted by Gasteiger charge is -2.17. The van der Waals surface area contributed by atoms with Crippen molar-refractivity contribution in [3.05, 3.63) is 17.8 Å². The zero-order chi connectivity index (χ0) is 15.7. The number of ether oxygens (including phenoxy) is 3. The molecule has 1 heterocycles. The summed E-state index contributed by atoms with van der Waals surface area (Å²) in [6.45, 7) is 5.56. The number of nitrogens with zero attached hydrogens (tertiary/aromatic N) is 1. The van der Waals surface area contributed by atoms with Crippen molar-refractivity contribution in [2.24, 2.45) is 5.92 Å². The van der Waals surface area contributed by atoms with E-state index < -0.39 is 0 Å². The first-order chi connectivity index (χ1) is 10.1. The van der Waals surface area contributed by atoms with Crippen LogP contribution in [0.25, 0.3) is 0 Å². The molecule has 0 saturated carbocycles. The number of hydrogen-bond donors (Lipinski definition) is 0. The van der Waals surface area contributed by atoms with Gasteiger partial charge >= 0.3 is 0 Å². The van der Waals surface area contributed by atoms with Gasteiger partial charge in [0.05, 0.1) is 13.7 Å². The summed E-state index contributed by atoms with van der Waals surface area (Å²) in [5.41, 5.74) is 1.07. The second-order valence-electron chi connectivity index (χ2n) is 5.15. The molecule has 0 N–H and O–H groups in total. The first-order valence-electron chi connectivity index (χ1n) is 7.41. The highest BCUT2D eigenvalue weighted by atomic mass is 35.5. The average molecular weight is 316 g/mol. The van der Waals surface area contributed by atoms with Crippen LogP contribution in [-0.4, -0.2) is 37.8 Å². The molecule has 0 aliphatic carbocycles. The Morgan fingerprint density at radius 1 is 1.29 bits per heavy atom. The Morgan fingerprint density at radius 2 is 2.05 bits per heavy atom. The van der Waals surface area contributed by atoms with E-state index in [1.54, 1.807) is 20.4 Å². The van der Waals surface area contributed by atoms with Crippen molar-refractivity contribution in [1.29, 1.82) is 0 Å². The quantitative estimate of drug-likeness (QED) is 0.487. The van der Waals surface area contributed by atoms with Gasteiger partial charge < -0.3 is 14.2 Å². The lowest BCUT2D eigenvalue weighted by molar-refractivity contribution is 0.170. The van der Waals surface area contributed by atoms with Crippen LogP contribution in [0.5, 0.6) is 11.6 Å². The largest absolute Gasteiger partial charge is 0.488 e. The van der Waals surface area contributed by atoms with Crippen molar-refractivity contribution < 1.29 is 14.2 Å². The van der Waals surface area contributed by atoms with Crippen LogP contribution in [0.15, 0.2) is 12.3 Å². The van der Waals surface area contributed by atoms with E-state index in [-0.39, 0.29) is 5.38 Å². The van der Waals surface area contributed by atoms with E-state index >= 15 is 0 Å². The molecule has 1 rings (SSSR count). The number of methoxy groups -OCH3 is 2. The maximum Gasteiger partial charge on any atom is 0.256 e. The third-order valence-corrected chi connectivity index (χ3v) is 4.10. The van der Waals surface area contributed by atoms with E-state index in [0.717, 1.165) is 24.8 Å². The minimum absolute atomic E-state index is 0.103. The standard InChI is InChI=1S/C16H26ClNO3/c1-5-12(2)14(17)9-13-10-15(16(20-4)18-11-13)21-8-6-7-19-3/h10-12,14H,5-9H2,1-4H3. The van der Waals surface area contributed by atoms with Gasteiger partial charge in [-0.25, -0.2) is 4.98 Å². The molecule has 0 aliphatic rings. The summed E-state index contributed by atoms with van der Waals surface area (Å²) in [4.78, 5) is 4.30. The number of aromatic nitrogens is 1. The molecule has 2 unspecified atom stereocenters. The zero-order valence-corrected chi connectivity index (χ0v) is 14.2. The van der Waals surface area contributed by atoms with Crippen LogP contribution in [0.1, 0.15) is 32.3 Å². The van der Waals surface area contributed by atoms with Crippen molar-refractivity contribution in [2.45, 2.75) is 38.5 Å². The summed E-state index contributed by atoms with van der Waals surface area (Å²) in [6, 6.07) is 1.97. The molecule has 0 spiro atoms. The molecule has 0 amide bonds. The predicted octanol–water partition coefficient (Wildman–Crippen LogP) is 3.70. The fourth-order valence-corrected chi connectivity index (χ4v) is 2.26. The van der Waals surface area contributed by atoms with Crippen LogP contribution in [-0.2, 0) is 11.2 Å². The highest BCUT2D eigenvalue weighted by Crippen LogP contribution is 2.27. The lowest BCUT2D eigenvalue weighted by atomic mass is 9.99. The lowest BCUT2D eigenvalue weighted by Crippen LogP contribution is -2.14. The Morgan fingerprint density at radius 3 is 2.67 bits per heavy atom. The fourth-order valence-electron chi connectivity index (χ4n) is 1.91. The van der Waals surface area contributed by atoms with Gasteiger partial charge in [0.1, 0.15) is 0 Å². The van der Waals surface area contributed by atoms with Crippen LogP contribution in [0.3, 0.4) is 0 Å². The van der Waals surface area contributed by atoms with Gasteiger partial charge in [0.2, 0.25) is 0 Å². The molecule has 0 aliphatic heterocycles. The van der Waals surface area contributed by atoms with Crippen molar-refractivity contribution >= 4 is 11.6 Å². The molecule has 0 radical (unpaired) electrons. The van der Waals surface area contributed by atoms with E-state index in [1.807, 2.05) is 6.07 Å². The zero-order valence-electron chi connectivity index (χ0n) is 13.4. The Hall–Kier alpha value is -1.00. The fraction of sp³-hybridized carbons (Fsp3) is 0.688. The molecule has 5 heteroatoms. The molecule has 1 aromatic rings. The average Bonchev–Trinajstić information content (AvgIpc) is 2.51. The van der Waals surface area contributed by atoms with Crippen LogP contribution < -0.4 is 9.47 Å². The third-order valence-electron chi connectivity index (χ3n) is 3.51. The van der Waals surface area contributed by atoms with E-state index in [4.69, 9.17) is 25.8 Å². The van der Waals surface area contributed by atoms with Crippen molar-refractivity contribution in [2.75, 3.05) is 27.4 Å². The molecule has 0 bridgehead atoms. The first kappa shape index (κ1) is 18.1. The SMILES string of the molecule is CCC(C)C(Cl)Cc1cnc(OC)c(OCCCOC)c1. The highest BCUT2D eigenvalue weighted by molar-refractivity contribution is 6.20. The van der Waals surface area contributed by atoms with Gasteiger partial charge in [0.15, 0.2) is 5.75 Å². The van der Waals surface area contributed by atoms with Gasteiger partial charge in [-0.2, -0.15) is 0 Å². The normalized spacial score (nSPS) is 13.8. The Balaban J connectivity index is 2.69. The molecular formula is C16H26ClNO3. The van der Waals surface area contributed by atoms with E-state index in [2.05, 4.69) is 18.8 Å². The van der Waals surface area contributed by atoms with E-state index in [0.29, 0.717) is 30.8 Å². The molecule has 2 atom stereocenters. The van der Waals surface area contributed by atoms with Crippen LogP contribution >= 0.6 is 11.6 Å². The molecule has 120 valence electrons. The molecule has 0 saturated heterocycles. The minimum atomic E-state index is 0.103. The van der Waals surface area contributed by atoms with Crippen molar-refractivity contribution in [3.63, 3.8) is 0 Å². The molecule has 0 fully saturated rings. The smallest absolute Gasteiger partial charge is 0.256 e. The number of alkyl halides is 1.